The SMILES string of the molecule is CCOC1CC(NC2CCN(C(=O)CC)CC2)C12CCCC2. The van der Waals surface area contributed by atoms with E-state index >= 15 is 0 Å². The number of piperidine rings is 1. The summed E-state index contributed by atoms with van der Waals surface area (Å²) in [7, 11) is 0. The highest BCUT2D eigenvalue weighted by Crippen LogP contribution is 2.55. The van der Waals surface area contributed by atoms with Crippen LogP contribution in [-0.2, 0) is 9.53 Å². The number of carbonyl (C=O) groups is 1. The fourth-order valence-electron chi connectivity index (χ4n) is 4.92. The van der Waals surface area contributed by atoms with Crippen LogP contribution >= 0.6 is 0 Å². The third kappa shape index (κ3) is 2.92. The van der Waals surface area contributed by atoms with Gasteiger partial charge in [0.1, 0.15) is 0 Å². The summed E-state index contributed by atoms with van der Waals surface area (Å²) in [6, 6.07) is 1.23. The number of ether oxygens (including phenoxy) is 1. The van der Waals surface area contributed by atoms with E-state index in [1.54, 1.807) is 0 Å². The number of nitrogens with one attached hydrogen (secondary N) is 1. The maximum absolute atomic E-state index is 11.8. The summed E-state index contributed by atoms with van der Waals surface area (Å²) in [5.41, 5.74) is 0.423. The molecular formula is C18H32N2O2. The molecule has 2 aliphatic carbocycles. The Morgan fingerprint density at radius 3 is 2.50 bits per heavy atom. The molecule has 1 saturated heterocycles. The lowest BCUT2D eigenvalue weighted by molar-refractivity contribution is -0.136. The molecule has 3 fully saturated rings. The second-order valence-electron chi connectivity index (χ2n) is 7.35. The first-order chi connectivity index (χ1) is 10.7. The Morgan fingerprint density at radius 2 is 1.91 bits per heavy atom. The van der Waals surface area contributed by atoms with E-state index in [1.807, 2.05) is 11.8 Å². The van der Waals surface area contributed by atoms with Crippen LogP contribution in [0.5, 0.6) is 0 Å². The van der Waals surface area contributed by atoms with Crippen LogP contribution in [0.25, 0.3) is 0 Å². The molecule has 0 aromatic heterocycles. The van der Waals surface area contributed by atoms with Crippen LogP contribution in [0.3, 0.4) is 0 Å². The van der Waals surface area contributed by atoms with Crippen LogP contribution in [0.15, 0.2) is 0 Å². The molecule has 1 N–H and O–H groups in total. The molecule has 1 heterocycles. The van der Waals surface area contributed by atoms with Crippen LogP contribution in [0.1, 0.15) is 65.2 Å². The minimum atomic E-state index is 0.311. The third-order valence-corrected chi connectivity index (χ3v) is 6.27. The quantitative estimate of drug-likeness (QED) is 0.849. The van der Waals surface area contributed by atoms with Crippen LogP contribution in [0, 0.1) is 5.41 Å². The molecule has 2 unspecified atom stereocenters. The molecule has 22 heavy (non-hydrogen) atoms. The van der Waals surface area contributed by atoms with Gasteiger partial charge in [0.2, 0.25) is 5.91 Å². The molecule has 1 amide bonds. The van der Waals surface area contributed by atoms with Gasteiger partial charge in [-0.3, -0.25) is 4.79 Å². The Labute approximate surface area is 135 Å². The third-order valence-electron chi connectivity index (χ3n) is 6.27. The van der Waals surface area contributed by atoms with E-state index in [0.717, 1.165) is 32.5 Å². The van der Waals surface area contributed by atoms with E-state index in [-0.39, 0.29) is 0 Å². The Morgan fingerprint density at radius 1 is 1.23 bits per heavy atom. The lowest BCUT2D eigenvalue weighted by Gasteiger charge is -2.55. The van der Waals surface area contributed by atoms with E-state index in [2.05, 4.69) is 12.2 Å². The highest BCUT2D eigenvalue weighted by Gasteiger charge is 2.56. The van der Waals surface area contributed by atoms with Gasteiger partial charge < -0.3 is 15.0 Å². The van der Waals surface area contributed by atoms with Gasteiger partial charge in [-0.05, 0) is 39.0 Å². The molecule has 2 saturated carbocycles. The van der Waals surface area contributed by atoms with Crippen molar-refractivity contribution in [2.24, 2.45) is 5.41 Å². The van der Waals surface area contributed by atoms with Crippen molar-refractivity contribution in [2.45, 2.75) is 83.4 Å². The van der Waals surface area contributed by atoms with Gasteiger partial charge in [0.25, 0.3) is 0 Å². The predicted molar refractivity (Wildman–Crippen MR) is 87.7 cm³/mol. The van der Waals surface area contributed by atoms with Gasteiger partial charge in [-0.15, -0.1) is 0 Å². The van der Waals surface area contributed by atoms with Crippen molar-refractivity contribution in [2.75, 3.05) is 19.7 Å². The number of carbonyl (C=O) groups excluding carboxylic acids is 1. The zero-order valence-corrected chi connectivity index (χ0v) is 14.3. The van der Waals surface area contributed by atoms with Gasteiger partial charge in [-0.1, -0.05) is 19.8 Å². The molecule has 126 valence electrons. The van der Waals surface area contributed by atoms with Gasteiger partial charge >= 0.3 is 0 Å². The highest BCUT2D eigenvalue weighted by molar-refractivity contribution is 5.75. The van der Waals surface area contributed by atoms with Crippen molar-refractivity contribution in [3.63, 3.8) is 0 Å². The van der Waals surface area contributed by atoms with Crippen LogP contribution < -0.4 is 5.32 Å². The minimum absolute atomic E-state index is 0.311. The second kappa shape index (κ2) is 6.88. The first kappa shape index (κ1) is 16.3. The standard InChI is InChI=1S/C18H32N2O2/c1-3-17(21)20-11-7-14(8-12-20)19-15-13-16(22-4-2)18(15)9-5-6-10-18/h14-16,19H,3-13H2,1-2H3. The number of likely N-dealkylation sites (tertiary alicyclic amines) is 1. The first-order valence-electron chi connectivity index (χ1n) is 9.35. The van der Waals surface area contributed by atoms with Crippen molar-refractivity contribution in [3.8, 4) is 0 Å². The average Bonchev–Trinajstić information content (AvgIpc) is 3.06. The van der Waals surface area contributed by atoms with Gasteiger partial charge in [0, 0.05) is 43.6 Å². The van der Waals surface area contributed by atoms with E-state index < -0.39 is 0 Å². The van der Waals surface area contributed by atoms with Crippen LogP contribution in [0.4, 0.5) is 0 Å². The topological polar surface area (TPSA) is 41.6 Å². The van der Waals surface area contributed by atoms with Gasteiger partial charge in [-0.25, -0.2) is 0 Å². The van der Waals surface area contributed by atoms with E-state index in [0.29, 0.717) is 35.9 Å². The Hall–Kier alpha value is -0.610. The summed E-state index contributed by atoms with van der Waals surface area (Å²) in [5, 5.41) is 3.94. The maximum atomic E-state index is 11.8. The maximum Gasteiger partial charge on any atom is 0.222 e. The van der Waals surface area contributed by atoms with E-state index in [1.165, 1.54) is 32.1 Å². The Bertz CT molecular complexity index is 385. The molecule has 4 nitrogen and oxygen atoms in total. The van der Waals surface area contributed by atoms with Crippen molar-refractivity contribution in [1.29, 1.82) is 0 Å². The highest BCUT2D eigenvalue weighted by atomic mass is 16.5. The smallest absolute Gasteiger partial charge is 0.222 e. The number of amides is 1. The number of nitrogens with zero attached hydrogens (tertiary/aromatic N) is 1. The molecule has 0 radical (unpaired) electrons. The summed E-state index contributed by atoms with van der Waals surface area (Å²) in [6.07, 6.45) is 9.93. The number of hydrogen-bond donors (Lipinski definition) is 1. The summed E-state index contributed by atoms with van der Waals surface area (Å²) in [5.74, 6) is 0.311. The van der Waals surface area contributed by atoms with Crippen LogP contribution in [0.2, 0.25) is 0 Å². The molecule has 2 atom stereocenters. The fraction of sp³-hybridized carbons (Fsp3) is 0.944. The molecule has 3 rings (SSSR count). The number of rotatable bonds is 5. The zero-order valence-electron chi connectivity index (χ0n) is 14.3. The molecular weight excluding hydrogens is 276 g/mol. The van der Waals surface area contributed by atoms with Gasteiger partial charge in [0.15, 0.2) is 0 Å². The largest absolute Gasteiger partial charge is 0.378 e. The molecule has 0 aromatic rings. The van der Waals surface area contributed by atoms with Crippen LogP contribution in [-0.4, -0.2) is 48.7 Å². The minimum Gasteiger partial charge on any atom is -0.378 e. The molecule has 4 heteroatoms. The zero-order chi connectivity index (χ0) is 15.6. The Kier molecular flexibility index (Phi) is 5.08. The summed E-state index contributed by atoms with van der Waals surface area (Å²) in [6.45, 7) is 6.77. The van der Waals surface area contributed by atoms with E-state index in [4.69, 9.17) is 4.74 Å². The summed E-state index contributed by atoms with van der Waals surface area (Å²) in [4.78, 5) is 13.8. The van der Waals surface area contributed by atoms with Gasteiger partial charge in [0.05, 0.1) is 6.10 Å². The van der Waals surface area contributed by atoms with Crippen molar-refractivity contribution in [1.82, 2.24) is 10.2 Å². The lowest BCUT2D eigenvalue weighted by Crippen LogP contribution is -2.65. The van der Waals surface area contributed by atoms with E-state index in [9.17, 15) is 4.79 Å². The molecule has 1 spiro atoms. The molecule has 3 aliphatic rings. The first-order valence-corrected chi connectivity index (χ1v) is 9.35. The molecule has 0 bridgehead atoms. The average molecular weight is 308 g/mol. The molecule has 1 aliphatic heterocycles. The monoisotopic (exact) mass is 308 g/mol. The van der Waals surface area contributed by atoms with Gasteiger partial charge in [-0.2, -0.15) is 0 Å². The summed E-state index contributed by atoms with van der Waals surface area (Å²) < 4.78 is 6.01. The Balaban J connectivity index is 1.51. The van der Waals surface area contributed by atoms with Crippen molar-refractivity contribution in [3.05, 3.63) is 0 Å². The van der Waals surface area contributed by atoms with Crippen molar-refractivity contribution >= 4 is 5.91 Å². The van der Waals surface area contributed by atoms with Crippen molar-refractivity contribution < 1.29 is 9.53 Å². The number of hydrogen-bond acceptors (Lipinski definition) is 3. The lowest BCUT2D eigenvalue weighted by atomic mass is 9.60. The summed E-state index contributed by atoms with van der Waals surface area (Å²) >= 11 is 0. The molecule has 0 aromatic carbocycles. The predicted octanol–water partition coefficient (Wildman–Crippen LogP) is 2.71. The fourth-order valence-corrected chi connectivity index (χ4v) is 4.92. The second-order valence-corrected chi connectivity index (χ2v) is 7.35. The normalized spacial score (nSPS) is 31.5.